The molecular formula is C31H38ClF4N5O2. The average molecular weight is 624 g/mol. The first-order chi connectivity index (χ1) is 20.5. The van der Waals surface area contributed by atoms with Crippen molar-refractivity contribution in [3.05, 3.63) is 71.2 Å². The fourth-order valence-electron chi connectivity index (χ4n) is 6.39. The molecule has 3 aliphatic rings. The van der Waals surface area contributed by atoms with Gasteiger partial charge in [-0.3, -0.25) is 14.5 Å². The van der Waals surface area contributed by atoms with Gasteiger partial charge in [0.1, 0.15) is 16.3 Å². The number of hydrogen-bond acceptors (Lipinski definition) is 6. The van der Waals surface area contributed by atoms with E-state index < -0.39 is 29.0 Å². The number of benzene rings is 1. The van der Waals surface area contributed by atoms with Gasteiger partial charge in [-0.25, -0.2) is 22.4 Å². The van der Waals surface area contributed by atoms with E-state index in [2.05, 4.69) is 14.9 Å². The van der Waals surface area contributed by atoms with Crippen LogP contribution in [0.15, 0.2) is 54.4 Å². The minimum Gasteiger partial charge on any atom is -0.462 e. The second-order valence-corrected chi connectivity index (χ2v) is 12.2. The van der Waals surface area contributed by atoms with E-state index >= 15 is 0 Å². The summed E-state index contributed by atoms with van der Waals surface area (Å²) in [6, 6.07) is 9.55. The molecule has 1 aromatic carbocycles. The number of carbonyl (C=O) groups is 1. The van der Waals surface area contributed by atoms with E-state index in [0.29, 0.717) is 52.1 Å². The summed E-state index contributed by atoms with van der Waals surface area (Å²) in [5.41, 5.74) is 2.38. The predicted molar refractivity (Wildman–Crippen MR) is 157 cm³/mol. The van der Waals surface area contributed by atoms with Gasteiger partial charge in [0.15, 0.2) is 0 Å². The molecule has 2 fully saturated rings. The fourth-order valence-corrected chi connectivity index (χ4v) is 6.75. The maximum Gasteiger partial charge on any atom is 0.341 e. The molecule has 0 radical (unpaired) electrons. The van der Waals surface area contributed by atoms with Gasteiger partial charge in [0.05, 0.1) is 25.4 Å². The summed E-state index contributed by atoms with van der Waals surface area (Å²) >= 11 is 7.33. The van der Waals surface area contributed by atoms with Crippen molar-refractivity contribution >= 4 is 23.1 Å². The highest BCUT2D eigenvalue weighted by atomic mass is 35.5. The van der Waals surface area contributed by atoms with E-state index in [1.165, 1.54) is 10.9 Å². The third kappa shape index (κ3) is 7.10. The number of esters is 1. The van der Waals surface area contributed by atoms with Gasteiger partial charge in [-0.2, -0.15) is 5.10 Å². The number of alkyl halides is 5. The zero-order valence-electron chi connectivity index (χ0n) is 24.5. The van der Waals surface area contributed by atoms with Gasteiger partial charge in [-0.15, -0.1) is 0 Å². The zero-order chi connectivity index (χ0) is 30.8. The van der Waals surface area contributed by atoms with Gasteiger partial charge in [-0.1, -0.05) is 48.0 Å². The molecule has 2 aromatic rings. The molecular weight excluding hydrogens is 586 g/mol. The first-order valence-corrected chi connectivity index (χ1v) is 15.2. The van der Waals surface area contributed by atoms with Crippen molar-refractivity contribution in [2.45, 2.75) is 56.5 Å². The Kier molecular flexibility index (Phi) is 9.53. The summed E-state index contributed by atoms with van der Waals surface area (Å²) in [5.74, 6) is -3.56. The summed E-state index contributed by atoms with van der Waals surface area (Å²) in [5, 5.41) is 4.24. The standard InChI is InChI=1S/C31H38ClF4N5O2/c1-3-43-29(42)25-19-37-41(27(25)28(33)34)23-10-7-13-39(20-23)26-18-31(32,12-11-24(26)22-8-5-4-6-9-22)40-16-14-38(15-17-40)21-30(2,35)36/h4-6,8-9,11-12,19,23,28H,3,7,10,13-18,20-21H2,1-2H3. The quantitative estimate of drug-likeness (QED) is 0.143. The Morgan fingerprint density at radius 3 is 2.53 bits per heavy atom. The van der Waals surface area contributed by atoms with E-state index in [1.54, 1.807) is 11.8 Å². The summed E-state index contributed by atoms with van der Waals surface area (Å²) in [4.78, 5) is 17.6. The van der Waals surface area contributed by atoms with E-state index in [0.717, 1.165) is 30.2 Å². The van der Waals surface area contributed by atoms with Crippen LogP contribution in [0, 0.1) is 0 Å². The molecule has 0 spiro atoms. The van der Waals surface area contributed by atoms with E-state index in [4.69, 9.17) is 16.3 Å². The fraction of sp³-hybridized carbons (Fsp3) is 0.548. The molecule has 1 aliphatic carbocycles. The monoisotopic (exact) mass is 623 g/mol. The van der Waals surface area contributed by atoms with Gasteiger partial charge in [-0.05, 0) is 31.4 Å². The molecule has 1 aromatic heterocycles. The number of nitrogens with zero attached hydrogens (tertiary/aromatic N) is 5. The average Bonchev–Trinajstić information content (AvgIpc) is 3.43. The highest BCUT2D eigenvalue weighted by molar-refractivity contribution is 6.25. The summed E-state index contributed by atoms with van der Waals surface area (Å²) in [6.07, 6.45) is 4.11. The number of rotatable bonds is 9. The number of halogens is 5. The van der Waals surface area contributed by atoms with Crippen LogP contribution in [0.25, 0.3) is 5.57 Å². The third-order valence-corrected chi connectivity index (χ3v) is 8.87. The molecule has 0 bridgehead atoms. The summed E-state index contributed by atoms with van der Waals surface area (Å²) in [6.45, 7) is 5.54. The Morgan fingerprint density at radius 2 is 1.88 bits per heavy atom. The van der Waals surface area contributed by atoms with Crippen LogP contribution in [0.3, 0.4) is 0 Å². The van der Waals surface area contributed by atoms with Crippen LogP contribution in [-0.2, 0) is 4.74 Å². The molecule has 0 saturated carbocycles. The molecule has 0 amide bonds. The Balaban J connectivity index is 1.42. The van der Waals surface area contributed by atoms with Crippen molar-refractivity contribution < 1.29 is 27.1 Å². The molecule has 0 N–H and O–H groups in total. The highest BCUT2D eigenvalue weighted by Crippen LogP contribution is 2.42. The molecule has 234 valence electrons. The Labute approximate surface area is 254 Å². The topological polar surface area (TPSA) is 53.8 Å². The molecule has 12 heteroatoms. The molecule has 43 heavy (non-hydrogen) atoms. The predicted octanol–water partition coefficient (Wildman–Crippen LogP) is 6.21. The Hall–Kier alpha value is -2.89. The van der Waals surface area contributed by atoms with Crippen molar-refractivity contribution in [1.29, 1.82) is 0 Å². The molecule has 3 heterocycles. The number of likely N-dealkylation sites (tertiary alicyclic amines) is 1. The number of piperazine rings is 1. The summed E-state index contributed by atoms with van der Waals surface area (Å²) < 4.78 is 62.1. The van der Waals surface area contributed by atoms with Gasteiger partial charge in [0.2, 0.25) is 0 Å². The van der Waals surface area contributed by atoms with E-state index in [-0.39, 0.29) is 24.8 Å². The van der Waals surface area contributed by atoms with Crippen LogP contribution in [-0.4, -0.2) is 93.8 Å². The first kappa shape index (κ1) is 31.5. The Morgan fingerprint density at radius 1 is 1.16 bits per heavy atom. The second-order valence-electron chi connectivity index (χ2n) is 11.5. The lowest BCUT2D eigenvalue weighted by molar-refractivity contribution is -0.0297. The third-order valence-electron chi connectivity index (χ3n) is 8.38. The minimum absolute atomic E-state index is 0.0775. The molecule has 5 rings (SSSR count). The molecule has 7 nitrogen and oxygen atoms in total. The van der Waals surface area contributed by atoms with Crippen LogP contribution in [0.4, 0.5) is 17.6 Å². The maximum atomic E-state index is 14.3. The lowest BCUT2D eigenvalue weighted by Gasteiger charge is -2.47. The van der Waals surface area contributed by atoms with Gasteiger partial charge in [0, 0.05) is 63.9 Å². The van der Waals surface area contributed by atoms with Crippen LogP contribution < -0.4 is 0 Å². The first-order valence-electron chi connectivity index (χ1n) is 14.8. The van der Waals surface area contributed by atoms with Crippen molar-refractivity contribution in [3.8, 4) is 0 Å². The Bertz CT molecular complexity index is 1340. The molecule has 2 unspecified atom stereocenters. The largest absolute Gasteiger partial charge is 0.462 e. The SMILES string of the molecule is CCOC(=O)c1cnn(C2CCCN(C3=C(c4ccccc4)C=CC(Cl)(N4CCN(CC(C)(F)F)CC4)C3)C2)c1C(F)F. The maximum absolute atomic E-state index is 14.3. The lowest BCUT2D eigenvalue weighted by Crippen LogP contribution is -2.56. The summed E-state index contributed by atoms with van der Waals surface area (Å²) in [7, 11) is 0. The number of aromatic nitrogens is 2. The number of carbonyl (C=O) groups excluding carboxylic acids is 1. The van der Waals surface area contributed by atoms with Gasteiger partial charge >= 0.3 is 5.97 Å². The van der Waals surface area contributed by atoms with Crippen molar-refractivity contribution in [2.24, 2.45) is 0 Å². The number of ether oxygens (including phenoxy) is 1. The second kappa shape index (κ2) is 13.0. The van der Waals surface area contributed by atoms with Crippen molar-refractivity contribution in [1.82, 2.24) is 24.5 Å². The van der Waals surface area contributed by atoms with Crippen LogP contribution in [0.2, 0.25) is 0 Å². The van der Waals surface area contributed by atoms with Crippen molar-refractivity contribution in [3.63, 3.8) is 0 Å². The van der Waals surface area contributed by atoms with Crippen LogP contribution >= 0.6 is 11.6 Å². The van der Waals surface area contributed by atoms with Crippen LogP contribution in [0.5, 0.6) is 0 Å². The number of hydrogen-bond donors (Lipinski definition) is 0. The van der Waals surface area contributed by atoms with E-state index in [9.17, 15) is 22.4 Å². The molecule has 2 saturated heterocycles. The van der Waals surface area contributed by atoms with Gasteiger partial charge in [0.25, 0.3) is 12.3 Å². The normalized spacial score (nSPS) is 24.2. The zero-order valence-corrected chi connectivity index (χ0v) is 25.2. The van der Waals surface area contributed by atoms with Crippen molar-refractivity contribution in [2.75, 3.05) is 52.4 Å². The smallest absolute Gasteiger partial charge is 0.341 e. The lowest BCUT2D eigenvalue weighted by atomic mass is 9.90. The number of piperidine rings is 1. The van der Waals surface area contributed by atoms with Gasteiger partial charge < -0.3 is 9.64 Å². The number of allylic oxidation sites excluding steroid dienone is 2. The van der Waals surface area contributed by atoms with Crippen LogP contribution in [0.1, 0.15) is 67.2 Å². The highest BCUT2D eigenvalue weighted by Gasteiger charge is 2.41. The molecule has 2 aliphatic heterocycles. The molecule has 2 atom stereocenters. The minimum atomic E-state index is -2.89. The van der Waals surface area contributed by atoms with E-state index in [1.807, 2.05) is 42.5 Å².